The smallest absolute Gasteiger partial charge is 0.0999 e. The normalized spacial score (nSPS) is 10.5. The van der Waals surface area contributed by atoms with Crippen LogP contribution in [0.3, 0.4) is 0 Å². The minimum Gasteiger partial charge on any atom is -0.306 e. The SMILES string of the molecule is Clc1ccc(-c2cn(-c3ccccc3)cn2)cc1. The summed E-state index contributed by atoms with van der Waals surface area (Å²) in [4.78, 5) is 4.41. The van der Waals surface area contributed by atoms with Gasteiger partial charge in [0, 0.05) is 22.5 Å². The van der Waals surface area contributed by atoms with Crippen LogP contribution in [0.5, 0.6) is 0 Å². The molecule has 0 N–H and O–H groups in total. The van der Waals surface area contributed by atoms with Gasteiger partial charge >= 0.3 is 0 Å². The molecule has 3 aromatic rings. The second-order valence-electron chi connectivity index (χ2n) is 4.01. The van der Waals surface area contributed by atoms with E-state index in [1.54, 1.807) is 0 Å². The lowest BCUT2D eigenvalue weighted by atomic mass is 10.2. The van der Waals surface area contributed by atoms with Crippen LogP contribution in [-0.4, -0.2) is 9.55 Å². The summed E-state index contributed by atoms with van der Waals surface area (Å²) in [5.74, 6) is 0. The third-order valence-electron chi connectivity index (χ3n) is 2.78. The summed E-state index contributed by atoms with van der Waals surface area (Å²) in [6.07, 6.45) is 3.83. The molecule has 0 spiro atoms. The molecular weight excluding hydrogens is 244 g/mol. The van der Waals surface area contributed by atoms with E-state index in [1.165, 1.54) is 0 Å². The highest BCUT2D eigenvalue weighted by Gasteiger charge is 2.03. The van der Waals surface area contributed by atoms with E-state index in [1.807, 2.05) is 71.7 Å². The van der Waals surface area contributed by atoms with E-state index in [4.69, 9.17) is 11.6 Å². The molecule has 0 unspecified atom stereocenters. The van der Waals surface area contributed by atoms with Crippen LogP contribution in [0.25, 0.3) is 16.9 Å². The van der Waals surface area contributed by atoms with Crippen molar-refractivity contribution in [3.05, 3.63) is 72.1 Å². The van der Waals surface area contributed by atoms with Gasteiger partial charge in [-0.15, -0.1) is 0 Å². The molecule has 0 aliphatic carbocycles. The second-order valence-corrected chi connectivity index (χ2v) is 4.45. The van der Waals surface area contributed by atoms with Crippen molar-refractivity contribution in [3.63, 3.8) is 0 Å². The Morgan fingerprint density at radius 3 is 2.33 bits per heavy atom. The summed E-state index contributed by atoms with van der Waals surface area (Å²) in [5, 5.41) is 0.737. The van der Waals surface area contributed by atoms with E-state index in [0.29, 0.717) is 0 Å². The zero-order valence-corrected chi connectivity index (χ0v) is 10.4. The largest absolute Gasteiger partial charge is 0.306 e. The topological polar surface area (TPSA) is 17.8 Å². The number of hydrogen-bond acceptors (Lipinski definition) is 1. The van der Waals surface area contributed by atoms with E-state index >= 15 is 0 Å². The summed E-state index contributed by atoms with van der Waals surface area (Å²) < 4.78 is 2.00. The highest BCUT2D eigenvalue weighted by molar-refractivity contribution is 6.30. The summed E-state index contributed by atoms with van der Waals surface area (Å²) in [6, 6.07) is 17.8. The fourth-order valence-electron chi connectivity index (χ4n) is 1.83. The lowest BCUT2D eigenvalue weighted by Gasteiger charge is -2.00. The molecule has 0 saturated carbocycles. The number of nitrogens with zero attached hydrogens (tertiary/aromatic N) is 2. The molecule has 0 amide bonds. The Morgan fingerprint density at radius 1 is 0.889 bits per heavy atom. The molecular formula is C15H11ClN2. The van der Waals surface area contributed by atoms with Gasteiger partial charge < -0.3 is 4.57 Å². The Labute approximate surface area is 110 Å². The predicted octanol–water partition coefficient (Wildman–Crippen LogP) is 4.19. The van der Waals surface area contributed by atoms with Crippen LogP contribution in [0.15, 0.2) is 67.1 Å². The number of halogens is 1. The van der Waals surface area contributed by atoms with Crippen LogP contribution < -0.4 is 0 Å². The first-order valence-corrected chi connectivity index (χ1v) is 6.06. The van der Waals surface area contributed by atoms with Crippen molar-refractivity contribution >= 4 is 11.6 Å². The number of aromatic nitrogens is 2. The Bertz CT molecular complexity index is 642. The van der Waals surface area contributed by atoms with Gasteiger partial charge in [-0.3, -0.25) is 0 Å². The second kappa shape index (κ2) is 4.67. The van der Waals surface area contributed by atoms with Crippen LogP contribution in [0.4, 0.5) is 0 Å². The predicted molar refractivity (Wildman–Crippen MR) is 74.0 cm³/mol. The summed E-state index contributed by atoms with van der Waals surface area (Å²) in [7, 11) is 0. The van der Waals surface area contributed by atoms with Crippen molar-refractivity contribution in [2.75, 3.05) is 0 Å². The molecule has 0 fully saturated rings. The van der Waals surface area contributed by atoms with E-state index in [9.17, 15) is 0 Å². The zero-order valence-electron chi connectivity index (χ0n) is 9.62. The van der Waals surface area contributed by atoms with Gasteiger partial charge in [-0.1, -0.05) is 41.9 Å². The Morgan fingerprint density at radius 2 is 1.61 bits per heavy atom. The molecule has 2 nitrogen and oxygen atoms in total. The van der Waals surface area contributed by atoms with Gasteiger partial charge in [-0.25, -0.2) is 4.98 Å². The average molecular weight is 255 g/mol. The lowest BCUT2D eigenvalue weighted by Crippen LogP contribution is -1.87. The van der Waals surface area contributed by atoms with Gasteiger partial charge in [0.1, 0.15) is 0 Å². The summed E-state index contributed by atoms with van der Waals surface area (Å²) in [6.45, 7) is 0. The van der Waals surface area contributed by atoms with Crippen molar-refractivity contribution in [1.82, 2.24) is 9.55 Å². The number of imidazole rings is 1. The molecule has 0 aliphatic rings. The van der Waals surface area contributed by atoms with E-state index < -0.39 is 0 Å². The lowest BCUT2D eigenvalue weighted by molar-refractivity contribution is 1.06. The Balaban J connectivity index is 1.97. The molecule has 3 heteroatoms. The molecule has 1 aromatic heterocycles. The van der Waals surface area contributed by atoms with Gasteiger partial charge in [-0.05, 0) is 24.3 Å². The van der Waals surface area contributed by atoms with Gasteiger partial charge in [-0.2, -0.15) is 0 Å². The maximum Gasteiger partial charge on any atom is 0.0999 e. The van der Waals surface area contributed by atoms with E-state index in [0.717, 1.165) is 22.0 Å². The van der Waals surface area contributed by atoms with Gasteiger partial charge in [0.15, 0.2) is 0 Å². The van der Waals surface area contributed by atoms with Gasteiger partial charge in [0.05, 0.1) is 12.0 Å². The Hall–Kier alpha value is -2.06. The highest BCUT2D eigenvalue weighted by Crippen LogP contribution is 2.20. The standard InChI is InChI=1S/C15H11ClN2/c16-13-8-6-12(7-9-13)15-10-18(11-17-15)14-4-2-1-3-5-14/h1-11H. The monoisotopic (exact) mass is 254 g/mol. The maximum absolute atomic E-state index is 5.87. The fourth-order valence-corrected chi connectivity index (χ4v) is 1.96. The third-order valence-corrected chi connectivity index (χ3v) is 3.03. The first kappa shape index (κ1) is 11.1. The minimum atomic E-state index is 0.737. The average Bonchev–Trinajstić information content (AvgIpc) is 2.90. The molecule has 0 atom stereocenters. The van der Waals surface area contributed by atoms with Crippen LogP contribution in [0.1, 0.15) is 0 Å². The number of rotatable bonds is 2. The first-order chi connectivity index (χ1) is 8.83. The first-order valence-electron chi connectivity index (χ1n) is 5.68. The van der Waals surface area contributed by atoms with Gasteiger partial charge in [0.25, 0.3) is 0 Å². The molecule has 0 aliphatic heterocycles. The van der Waals surface area contributed by atoms with Crippen molar-refractivity contribution in [1.29, 1.82) is 0 Å². The zero-order chi connectivity index (χ0) is 12.4. The molecule has 0 radical (unpaired) electrons. The van der Waals surface area contributed by atoms with Crippen molar-refractivity contribution in [2.24, 2.45) is 0 Å². The summed E-state index contributed by atoms with van der Waals surface area (Å²) >= 11 is 5.87. The molecule has 3 rings (SSSR count). The van der Waals surface area contributed by atoms with Gasteiger partial charge in [0.2, 0.25) is 0 Å². The Kier molecular flexibility index (Phi) is 2.87. The number of hydrogen-bond donors (Lipinski definition) is 0. The van der Waals surface area contributed by atoms with Crippen LogP contribution in [0.2, 0.25) is 5.02 Å². The molecule has 18 heavy (non-hydrogen) atoms. The quantitative estimate of drug-likeness (QED) is 0.670. The minimum absolute atomic E-state index is 0.737. The molecule has 1 heterocycles. The number of benzene rings is 2. The molecule has 0 saturated heterocycles. The van der Waals surface area contributed by atoms with Crippen LogP contribution >= 0.6 is 11.6 Å². The molecule has 2 aromatic carbocycles. The maximum atomic E-state index is 5.87. The third kappa shape index (κ3) is 2.15. The van der Waals surface area contributed by atoms with E-state index in [-0.39, 0.29) is 0 Å². The number of para-hydroxylation sites is 1. The molecule has 0 bridgehead atoms. The van der Waals surface area contributed by atoms with Crippen molar-refractivity contribution < 1.29 is 0 Å². The highest BCUT2D eigenvalue weighted by atomic mass is 35.5. The van der Waals surface area contributed by atoms with Crippen LogP contribution in [0, 0.1) is 0 Å². The van der Waals surface area contributed by atoms with Crippen LogP contribution in [-0.2, 0) is 0 Å². The van der Waals surface area contributed by atoms with Crippen molar-refractivity contribution in [2.45, 2.75) is 0 Å². The molecule has 88 valence electrons. The van der Waals surface area contributed by atoms with Crippen molar-refractivity contribution in [3.8, 4) is 16.9 Å². The van der Waals surface area contributed by atoms with E-state index in [2.05, 4.69) is 4.98 Å². The summed E-state index contributed by atoms with van der Waals surface area (Å²) in [5.41, 5.74) is 3.11. The fraction of sp³-hybridized carbons (Fsp3) is 0.